The van der Waals surface area contributed by atoms with Crippen LogP contribution in [0, 0.1) is 11.8 Å². The third kappa shape index (κ3) is 3.70. The van der Waals surface area contributed by atoms with Crippen LogP contribution in [0.3, 0.4) is 0 Å². The summed E-state index contributed by atoms with van der Waals surface area (Å²) in [7, 11) is 0. The molecular weight excluding hydrogens is 238 g/mol. The number of hydrogen-bond acceptors (Lipinski definition) is 2. The summed E-state index contributed by atoms with van der Waals surface area (Å²) in [6.07, 6.45) is 8.60. The lowest BCUT2D eigenvalue weighted by Crippen LogP contribution is -2.24. The number of aromatic nitrogens is 1. The molecule has 17 heavy (non-hydrogen) atoms. The average molecular weight is 256 g/mol. The lowest BCUT2D eigenvalue weighted by atomic mass is 9.86. The van der Waals surface area contributed by atoms with Crippen LogP contribution in [-0.2, 0) is 11.2 Å². The van der Waals surface area contributed by atoms with Gasteiger partial charge in [-0.15, -0.1) is 12.4 Å². The van der Waals surface area contributed by atoms with Crippen molar-refractivity contribution < 1.29 is 9.90 Å². The van der Waals surface area contributed by atoms with Crippen LogP contribution in [-0.4, -0.2) is 16.1 Å². The van der Waals surface area contributed by atoms with E-state index >= 15 is 0 Å². The lowest BCUT2D eigenvalue weighted by Gasteiger charge is -2.18. The Hall–Kier alpha value is -1.09. The number of carboxylic acids is 1. The van der Waals surface area contributed by atoms with Gasteiger partial charge in [-0.1, -0.05) is 18.9 Å². The van der Waals surface area contributed by atoms with Crippen molar-refractivity contribution in [2.75, 3.05) is 0 Å². The minimum absolute atomic E-state index is 0. The highest BCUT2D eigenvalue weighted by Gasteiger charge is 2.30. The second-order valence-corrected chi connectivity index (χ2v) is 4.55. The largest absolute Gasteiger partial charge is 0.481 e. The van der Waals surface area contributed by atoms with Gasteiger partial charge >= 0.3 is 5.97 Å². The van der Waals surface area contributed by atoms with E-state index in [1.54, 1.807) is 12.4 Å². The van der Waals surface area contributed by atoms with Crippen molar-refractivity contribution in [3.63, 3.8) is 0 Å². The number of rotatable bonds is 4. The number of pyridine rings is 1. The SMILES string of the molecule is Cl.O=C(O)C(Cc1cccnc1)C1CCCC1. The zero-order chi connectivity index (χ0) is 11.4. The summed E-state index contributed by atoms with van der Waals surface area (Å²) < 4.78 is 0. The van der Waals surface area contributed by atoms with Gasteiger partial charge in [-0.3, -0.25) is 9.78 Å². The van der Waals surface area contributed by atoms with Gasteiger partial charge in [0, 0.05) is 12.4 Å². The predicted molar refractivity (Wildman–Crippen MR) is 68.3 cm³/mol. The molecule has 0 spiro atoms. The Morgan fingerprint density at radius 2 is 2.18 bits per heavy atom. The van der Waals surface area contributed by atoms with E-state index in [4.69, 9.17) is 0 Å². The number of aliphatic carboxylic acids is 1. The summed E-state index contributed by atoms with van der Waals surface area (Å²) in [5, 5.41) is 9.27. The van der Waals surface area contributed by atoms with Crippen LogP contribution < -0.4 is 0 Å². The van der Waals surface area contributed by atoms with Crippen molar-refractivity contribution in [2.45, 2.75) is 32.1 Å². The molecule has 2 rings (SSSR count). The molecule has 0 bridgehead atoms. The smallest absolute Gasteiger partial charge is 0.307 e. The molecule has 1 heterocycles. The highest BCUT2D eigenvalue weighted by molar-refractivity contribution is 5.85. The van der Waals surface area contributed by atoms with Crippen molar-refractivity contribution in [1.29, 1.82) is 0 Å². The Bertz CT molecular complexity index is 350. The first-order chi connectivity index (χ1) is 7.77. The molecule has 1 N–H and O–H groups in total. The molecule has 1 aliphatic carbocycles. The summed E-state index contributed by atoms with van der Waals surface area (Å²) in [5.41, 5.74) is 1.03. The average Bonchev–Trinajstić information content (AvgIpc) is 2.80. The van der Waals surface area contributed by atoms with Crippen molar-refractivity contribution in [2.24, 2.45) is 11.8 Å². The Balaban J connectivity index is 0.00000144. The Morgan fingerprint density at radius 1 is 1.47 bits per heavy atom. The maximum atomic E-state index is 11.3. The zero-order valence-electron chi connectivity index (χ0n) is 9.71. The number of nitrogens with zero attached hydrogens (tertiary/aromatic N) is 1. The maximum Gasteiger partial charge on any atom is 0.307 e. The normalized spacial score (nSPS) is 17.4. The van der Waals surface area contributed by atoms with Gasteiger partial charge < -0.3 is 5.11 Å². The van der Waals surface area contributed by atoms with E-state index in [0.717, 1.165) is 18.4 Å². The van der Waals surface area contributed by atoms with E-state index < -0.39 is 5.97 Å². The minimum Gasteiger partial charge on any atom is -0.481 e. The molecule has 0 radical (unpaired) electrons. The third-order valence-electron chi connectivity index (χ3n) is 3.46. The molecule has 1 aromatic heterocycles. The Labute approximate surface area is 108 Å². The molecule has 0 saturated heterocycles. The number of hydrogen-bond donors (Lipinski definition) is 1. The number of carboxylic acid groups (broad SMARTS) is 1. The van der Waals surface area contributed by atoms with Gasteiger partial charge in [0.15, 0.2) is 0 Å². The van der Waals surface area contributed by atoms with Crippen LogP contribution in [0.2, 0.25) is 0 Å². The van der Waals surface area contributed by atoms with Crippen LogP contribution in [0.15, 0.2) is 24.5 Å². The molecule has 3 nitrogen and oxygen atoms in total. The highest BCUT2D eigenvalue weighted by atomic mass is 35.5. The van der Waals surface area contributed by atoms with E-state index in [-0.39, 0.29) is 18.3 Å². The Morgan fingerprint density at radius 3 is 2.71 bits per heavy atom. The number of carbonyl (C=O) groups is 1. The van der Waals surface area contributed by atoms with Crippen LogP contribution >= 0.6 is 12.4 Å². The van der Waals surface area contributed by atoms with Gasteiger partial charge in [0.05, 0.1) is 5.92 Å². The van der Waals surface area contributed by atoms with E-state index in [9.17, 15) is 9.90 Å². The zero-order valence-corrected chi connectivity index (χ0v) is 10.5. The van der Waals surface area contributed by atoms with Crippen LogP contribution in [0.5, 0.6) is 0 Å². The third-order valence-corrected chi connectivity index (χ3v) is 3.46. The molecule has 0 amide bonds. The molecule has 1 fully saturated rings. The van der Waals surface area contributed by atoms with Gasteiger partial charge in [0.1, 0.15) is 0 Å². The first-order valence-electron chi connectivity index (χ1n) is 5.89. The van der Waals surface area contributed by atoms with E-state index in [1.807, 2.05) is 12.1 Å². The molecule has 0 aliphatic heterocycles. The monoisotopic (exact) mass is 255 g/mol. The summed E-state index contributed by atoms with van der Waals surface area (Å²) in [6, 6.07) is 3.82. The van der Waals surface area contributed by atoms with Gasteiger partial charge in [-0.05, 0) is 36.8 Å². The molecular formula is C13H18ClNO2. The van der Waals surface area contributed by atoms with Crippen LogP contribution in [0.25, 0.3) is 0 Å². The quantitative estimate of drug-likeness (QED) is 0.900. The van der Waals surface area contributed by atoms with Crippen LogP contribution in [0.4, 0.5) is 0 Å². The fraction of sp³-hybridized carbons (Fsp3) is 0.538. The minimum atomic E-state index is -0.657. The summed E-state index contributed by atoms with van der Waals surface area (Å²) in [4.78, 5) is 15.3. The molecule has 1 atom stereocenters. The first kappa shape index (κ1) is 14.0. The van der Waals surface area contributed by atoms with E-state index in [2.05, 4.69) is 4.98 Å². The fourth-order valence-corrected chi connectivity index (χ4v) is 2.59. The molecule has 0 aromatic carbocycles. The molecule has 1 unspecified atom stereocenters. The summed E-state index contributed by atoms with van der Waals surface area (Å²) in [5.74, 6) is -0.528. The molecule has 4 heteroatoms. The van der Waals surface area contributed by atoms with Crippen molar-refractivity contribution >= 4 is 18.4 Å². The predicted octanol–water partition coefficient (Wildman–Crippen LogP) is 2.94. The van der Waals surface area contributed by atoms with Gasteiger partial charge in [0.25, 0.3) is 0 Å². The molecule has 94 valence electrons. The summed E-state index contributed by atoms with van der Waals surface area (Å²) in [6.45, 7) is 0. The van der Waals surface area contributed by atoms with Crippen molar-refractivity contribution in [3.05, 3.63) is 30.1 Å². The maximum absolute atomic E-state index is 11.3. The van der Waals surface area contributed by atoms with Crippen LogP contribution in [0.1, 0.15) is 31.2 Å². The molecule has 1 aromatic rings. The van der Waals surface area contributed by atoms with E-state index in [1.165, 1.54) is 12.8 Å². The Kier molecular flexibility index (Phi) is 5.42. The molecule has 1 aliphatic rings. The van der Waals surface area contributed by atoms with Gasteiger partial charge in [0.2, 0.25) is 0 Å². The summed E-state index contributed by atoms with van der Waals surface area (Å²) >= 11 is 0. The fourth-order valence-electron chi connectivity index (χ4n) is 2.59. The van der Waals surface area contributed by atoms with Gasteiger partial charge in [-0.25, -0.2) is 0 Å². The standard InChI is InChI=1S/C13H17NO2.ClH/c15-13(16)12(11-5-1-2-6-11)8-10-4-3-7-14-9-10;/h3-4,7,9,11-12H,1-2,5-6,8H2,(H,15,16);1H. The van der Waals surface area contributed by atoms with Gasteiger partial charge in [-0.2, -0.15) is 0 Å². The second-order valence-electron chi connectivity index (χ2n) is 4.55. The second kappa shape index (κ2) is 6.60. The molecule has 1 saturated carbocycles. The topological polar surface area (TPSA) is 50.2 Å². The highest BCUT2D eigenvalue weighted by Crippen LogP contribution is 2.33. The number of halogens is 1. The lowest BCUT2D eigenvalue weighted by molar-refractivity contribution is -0.143. The van der Waals surface area contributed by atoms with E-state index in [0.29, 0.717) is 12.3 Å². The van der Waals surface area contributed by atoms with Crippen molar-refractivity contribution in [3.8, 4) is 0 Å². The van der Waals surface area contributed by atoms with Crippen molar-refractivity contribution in [1.82, 2.24) is 4.98 Å². The first-order valence-corrected chi connectivity index (χ1v) is 5.89.